The van der Waals surface area contributed by atoms with Crippen molar-refractivity contribution in [3.05, 3.63) is 40.6 Å². The fourth-order valence-corrected chi connectivity index (χ4v) is 3.29. The Morgan fingerprint density at radius 1 is 1.32 bits per heavy atom. The first kappa shape index (κ1) is 17.4. The van der Waals surface area contributed by atoms with E-state index in [0.717, 1.165) is 17.5 Å². The second-order valence-electron chi connectivity index (χ2n) is 6.78. The molecule has 6 nitrogen and oxygen atoms in total. The molecule has 0 aliphatic heterocycles. The summed E-state index contributed by atoms with van der Waals surface area (Å²) in [5.41, 5.74) is 0.479. The van der Waals surface area contributed by atoms with Gasteiger partial charge in [-0.1, -0.05) is 26.7 Å². The fraction of sp³-hybridized carbons (Fsp3) is 0.500. The van der Waals surface area contributed by atoms with Crippen molar-refractivity contribution in [1.29, 1.82) is 0 Å². The van der Waals surface area contributed by atoms with Crippen LogP contribution in [0.1, 0.15) is 33.1 Å². The van der Waals surface area contributed by atoms with E-state index in [0.29, 0.717) is 17.4 Å². The molecule has 1 aliphatic carbocycles. The van der Waals surface area contributed by atoms with Gasteiger partial charge >= 0.3 is 5.76 Å². The van der Waals surface area contributed by atoms with E-state index in [1.54, 1.807) is 0 Å². The molecule has 3 rings (SSSR count). The summed E-state index contributed by atoms with van der Waals surface area (Å²) in [7, 11) is 0. The van der Waals surface area contributed by atoms with Gasteiger partial charge < -0.3 is 9.73 Å². The summed E-state index contributed by atoms with van der Waals surface area (Å²) in [6.07, 6.45) is 3.22. The number of nitrogens with zero attached hydrogens (tertiary/aromatic N) is 2. The van der Waals surface area contributed by atoms with Crippen molar-refractivity contribution in [2.45, 2.75) is 45.7 Å². The molecule has 0 bridgehead atoms. The van der Waals surface area contributed by atoms with E-state index in [4.69, 9.17) is 4.42 Å². The number of amides is 1. The number of carbonyl (C=O) groups excluding carboxylic acids is 1. The second kappa shape index (κ2) is 7.21. The zero-order valence-corrected chi connectivity index (χ0v) is 14.4. The minimum absolute atomic E-state index is 0.0671. The molecule has 0 spiro atoms. The Morgan fingerprint density at radius 3 is 2.76 bits per heavy atom. The molecule has 1 fully saturated rings. The van der Waals surface area contributed by atoms with Crippen molar-refractivity contribution in [3.8, 4) is 11.5 Å². The molecule has 1 aliphatic rings. The largest absolute Gasteiger partial charge is 0.437 e. The lowest BCUT2D eigenvalue weighted by Crippen LogP contribution is -2.45. The average molecular weight is 347 g/mol. The minimum atomic E-state index is -0.709. The summed E-state index contributed by atoms with van der Waals surface area (Å²) in [5.74, 6) is -0.315. The average Bonchev–Trinajstić information content (AvgIpc) is 2.93. The van der Waals surface area contributed by atoms with Gasteiger partial charge in [-0.05, 0) is 42.5 Å². The third-order valence-corrected chi connectivity index (χ3v) is 5.04. The molecule has 1 saturated carbocycles. The Hall–Kier alpha value is -2.44. The van der Waals surface area contributed by atoms with Crippen LogP contribution >= 0.6 is 0 Å². The molecule has 1 aromatic carbocycles. The van der Waals surface area contributed by atoms with Crippen LogP contribution in [0.3, 0.4) is 0 Å². The summed E-state index contributed by atoms with van der Waals surface area (Å²) in [4.78, 5) is 24.2. The van der Waals surface area contributed by atoms with Crippen LogP contribution in [-0.4, -0.2) is 21.7 Å². The first-order valence-corrected chi connectivity index (χ1v) is 8.57. The van der Waals surface area contributed by atoms with Gasteiger partial charge in [0.25, 0.3) is 0 Å². The zero-order valence-electron chi connectivity index (χ0n) is 14.4. The predicted molar refractivity (Wildman–Crippen MR) is 90.3 cm³/mol. The maximum atomic E-state index is 13.0. The van der Waals surface area contributed by atoms with Gasteiger partial charge in [0.1, 0.15) is 12.4 Å². The van der Waals surface area contributed by atoms with Crippen molar-refractivity contribution in [1.82, 2.24) is 15.1 Å². The maximum absolute atomic E-state index is 13.0. The number of benzene rings is 1. The summed E-state index contributed by atoms with van der Waals surface area (Å²) in [6.45, 7) is 4.14. The van der Waals surface area contributed by atoms with E-state index in [9.17, 15) is 14.0 Å². The van der Waals surface area contributed by atoms with Crippen LogP contribution in [0, 0.1) is 17.7 Å². The van der Waals surface area contributed by atoms with E-state index < -0.39 is 5.76 Å². The predicted octanol–water partition coefficient (Wildman–Crippen LogP) is 2.58. The molecule has 1 N–H and O–H groups in total. The van der Waals surface area contributed by atoms with Gasteiger partial charge in [0, 0.05) is 11.6 Å². The summed E-state index contributed by atoms with van der Waals surface area (Å²) in [6, 6.07) is 5.57. The minimum Gasteiger partial charge on any atom is -0.388 e. The Bertz CT molecular complexity index is 797. The highest BCUT2D eigenvalue weighted by Gasteiger charge is 2.28. The molecule has 1 amide bonds. The smallest absolute Gasteiger partial charge is 0.388 e. The summed E-state index contributed by atoms with van der Waals surface area (Å²) < 4.78 is 19.0. The Kier molecular flexibility index (Phi) is 5.01. The number of halogens is 1. The number of nitrogens with one attached hydrogen (secondary N) is 1. The highest BCUT2D eigenvalue weighted by molar-refractivity contribution is 5.76. The molecule has 1 aromatic heterocycles. The van der Waals surface area contributed by atoms with Crippen LogP contribution in [0.15, 0.2) is 33.5 Å². The Morgan fingerprint density at radius 2 is 2.04 bits per heavy atom. The standard InChI is InChI=1S/C18H22FN3O3/c1-11-4-3-5-15(12(11)2)20-16(23)10-22-18(24)25-17(21-22)13-6-8-14(19)9-7-13/h6-9,11-12,15H,3-5,10H2,1-2H3,(H,20,23). The molecule has 25 heavy (non-hydrogen) atoms. The molecule has 1 heterocycles. The fourth-order valence-electron chi connectivity index (χ4n) is 3.29. The van der Waals surface area contributed by atoms with E-state index in [1.807, 2.05) is 0 Å². The lowest BCUT2D eigenvalue weighted by Gasteiger charge is -2.34. The quantitative estimate of drug-likeness (QED) is 0.922. The Balaban J connectivity index is 1.67. The topological polar surface area (TPSA) is 77.1 Å². The van der Waals surface area contributed by atoms with E-state index in [1.165, 1.54) is 30.7 Å². The molecular formula is C18H22FN3O3. The second-order valence-corrected chi connectivity index (χ2v) is 6.78. The molecular weight excluding hydrogens is 325 g/mol. The van der Waals surface area contributed by atoms with Gasteiger partial charge in [-0.2, -0.15) is 4.68 Å². The third kappa shape index (κ3) is 3.97. The van der Waals surface area contributed by atoms with Crippen molar-refractivity contribution >= 4 is 5.91 Å². The van der Waals surface area contributed by atoms with Gasteiger partial charge in [0.2, 0.25) is 11.8 Å². The molecule has 0 saturated heterocycles. The number of hydrogen-bond acceptors (Lipinski definition) is 4. The lowest BCUT2D eigenvalue weighted by atomic mass is 9.78. The zero-order chi connectivity index (χ0) is 18.0. The number of carbonyl (C=O) groups is 1. The summed E-state index contributed by atoms with van der Waals surface area (Å²) >= 11 is 0. The van der Waals surface area contributed by atoms with Gasteiger partial charge in [-0.3, -0.25) is 4.79 Å². The molecule has 0 radical (unpaired) electrons. The lowest BCUT2D eigenvalue weighted by molar-refractivity contribution is -0.123. The molecule has 2 aromatic rings. The number of rotatable bonds is 4. The van der Waals surface area contributed by atoms with Gasteiger partial charge in [-0.25, -0.2) is 9.18 Å². The number of aromatic nitrogens is 2. The summed E-state index contributed by atoms with van der Waals surface area (Å²) in [5, 5.41) is 7.03. The van der Waals surface area contributed by atoms with Crippen LogP contribution in [-0.2, 0) is 11.3 Å². The van der Waals surface area contributed by atoms with Crippen molar-refractivity contribution < 1.29 is 13.6 Å². The normalized spacial score (nSPS) is 23.4. The SMILES string of the molecule is CC1CCCC(NC(=O)Cn2nc(-c3ccc(F)cc3)oc2=O)C1C. The van der Waals surface area contributed by atoms with Crippen LogP contribution in [0.25, 0.3) is 11.5 Å². The van der Waals surface area contributed by atoms with Gasteiger partial charge in [-0.15, -0.1) is 5.10 Å². The van der Waals surface area contributed by atoms with E-state index in [-0.39, 0.29) is 30.2 Å². The molecule has 3 atom stereocenters. The number of hydrogen-bond donors (Lipinski definition) is 1. The molecule has 3 unspecified atom stereocenters. The van der Waals surface area contributed by atoms with Gasteiger partial charge in [0.15, 0.2) is 0 Å². The first-order valence-electron chi connectivity index (χ1n) is 8.57. The molecule has 134 valence electrons. The van der Waals surface area contributed by atoms with Gasteiger partial charge in [0.05, 0.1) is 0 Å². The van der Waals surface area contributed by atoms with Crippen molar-refractivity contribution in [3.63, 3.8) is 0 Å². The highest BCUT2D eigenvalue weighted by atomic mass is 19.1. The van der Waals surface area contributed by atoms with E-state index in [2.05, 4.69) is 24.3 Å². The van der Waals surface area contributed by atoms with Crippen molar-refractivity contribution in [2.75, 3.05) is 0 Å². The monoisotopic (exact) mass is 347 g/mol. The Labute approximate surface area is 145 Å². The highest BCUT2D eigenvalue weighted by Crippen LogP contribution is 2.29. The van der Waals surface area contributed by atoms with Crippen LogP contribution < -0.4 is 11.1 Å². The third-order valence-electron chi connectivity index (χ3n) is 5.04. The van der Waals surface area contributed by atoms with Crippen LogP contribution in [0.4, 0.5) is 4.39 Å². The van der Waals surface area contributed by atoms with Crippen molar-refractivity contribution in [2.24, 2.45) is 11.8 Å². The van der Waals surface area contributed by atoms with Crippen LogP contribution in [0.5, 0.6) is 0 Å². The maximum Gasteiger partial charge on any atom is 0.437 e. The first-order chi connectivity index (χ1) is 11.9. The van der Waals surface area contributed by atoms with E-state index >= 15 is 0 Å². The van der Waals surface area contributed by atoms with Crippen LogP contribution in [0.2, 0.25) is 0 Å². The molecule has 7 heteroatoms.